The Morgan fingerprint density at radius 2 is 1.92 bits per heavy atom. The van der Waals surface area contributed by atoms with E-state index < -0.39 is 0 Å². The number of piperidine rings is 1. The van der Waals surface area contributed by atoms with E-state index in [4.69, 9.17) is 0 Å². The Bertz CT molecular complexity index is 703. The molecule has 4 nitrogen and oxygen atoms in total. The zero-order valence-corrected chi connectivity index (χ0v) is 17.0. The summed E-state index contributed by atoms with van der Waals surface area (Å²) in [6.07, 6.45) is 2.75. The van der Waals surface area contributed by atoms with Crippen molar-refractivity contribution < 1.29 is 9.18 Å². The van der Waals surface area contributed by atoms with Crippen LogP contribution in [-0.4, -0.2) is 30.5 Å². The zero-order chi connectivity index (χ0) is 17.0. The van der Waals surface area contributed by atoms with Crippen molar-refractivity contribution in [3.63, 3.8) is 0 Å². The first-order chi connectivity index (χ1) is 11.5. The van der Waals surface area contributed by atoms with Gasteiger partial charge in [-0.25, -0.2) is 9.37 Å². The highest BCUT2D eigenvalue weighted by Gasteiger charge is 2.27. The van der Waals surface area contributed by atoms with Crippen LogP contribution in [0.5, 0.6) is 0 Å². The lowest BCUT2D eigenvalue weighted by Gasteiger charge is -2.34. The maximum Gasteiger partial charge on any atom is 0.270 e. The van der Waals surface area contributed by atoms with Gasteiger partial charge < -0.3 is 10.6 Å². The largest absolute Gasteiger partial charge is 0.350 e. The van der Waals surface area contributed by atoms with E-state index in [0.717, 1.165) is 36.5 Å². The molecule has 26 heavy (non-hydrogen) atoms. The Hall–Kier alpha value is -1.21. The van der Waals surface area contributed by atoms with Crippen molar-refractivity contribution in [2.45, 2.75) is 26.2 Å². The molecule has 1 aliphatic heterocycles. The molecule has 1 saturated heterocycles. The standard InChI is InChI=1S/C18H22FN3OS.2ClH/c1-18(6-8-20-9-7-18)12-21-17(23)15-11-24-16(22-15)10-13-2-4-14(19)5-3-13;;/h2-5,11,20H,6-10,12H2,1H3,(H,21,23);2*1H. The van der Waals surface area contributed by atoms with Crippen LogP contribution in [0.1, 0.15) is 40.8 Å². The van der Waals surface area contributed by atoms with Crippen molar-refractivity contribution in [2.24, 2.45) is 5.41 Å². The predicted octanol–water partition coefficient (Wildman–Crippen LogP) is 3.84. The molecule has 0 unspecified atom stereocenters. The second kappa shape index (κ2) is 10.2. The van der Waals surface area contributed by atoms with Crippen LogP contribution in [-0.2, 0) is 6.42 Å². The van der Waals surface area contributed by atoms with Gasteiger partial charge in [0, 0.05) is 18.3 Å². The van der Waals surface area contributed by atoms with Gasteiger partial charge in [0.1, 0.15) is 11.5 Å². The third kappa shape index (κ3) is 6.20. The number of hydrogen-bond donors (Lipinski definition) is 2. The van der Waals surface area contributed by atoms with E-state index in [2.05, 4.69) is 22.5 Å². The van der Waals surface area contributed by atoms with Crippen molar-refractivity contribution in [2.75, 3.05) is 19.6 Å². The third-order valence-electron chi connectivity index (χ3n) is 4.54. The van der Waals surface area contributed by atoms with Crippen LogP contribution < -0.4 is 10.6 Å². The summed E-state index contributed by atoms with van der Waals surface area (Å²) in [5.41, 5.74) is 1.61. The summed E-state index contributed by atoms with van der Waals surface area (Å²) in [6.45, 7) is 4.91. The van der Waals surface area contributed by atoms with E-state index in [1.165, 1.54) is 23.5 Å². The molecule has 0 bridgehead atoms. The monoisotopic (exact) mass is 419 g/mol. The minimum Gasteiger partial charge on any atom is -0.350 e. The second-order valence-electron chi connectivity index (χ2n) is 6.67. The first kappa shape index (κ1) is 22.8. The van der Waals surface area contributed by atoms with E-state index in [0.29, 0.717) is 18.7 Å². The second-order valence-corrected chi connectivity index (χ2v) is 7.62. The fourth-order valence-corrected chi connectivity index (χ4v) is 3.67. The molecular weight excluding hydrogens is 396 g/mol. The molecule has 0 atom stereocenters. The number of carbonyl (C=O) groups is 1. The fraction of sp³-hybridized carbons (Fsp3) is 0.444. The molecule has 1 fully saturated rings. The highest BCUT2D eigenvalue weighted by molar-refractivity contribution is 7.09. The van der Waals surface area contributed by atoms with Crippen LogP contribution in [0.2, 0.25) is 0 Å². The first-order valence-electron chi connectivity index (χ1n) is 8.22. The molecule has 0 saturated carbocycles. The van der Waals surface area contributed by atoms with E-state index in [9.17, 15) is 9.18 Å². The quantitative estimate of drug-likeness (QED) is 0.773. The molecule has 2 aromatic rings. The maximum atomic E-state index is 12.9. The van der Waals surface area contributed by atoms with Gasteiger partial charge >= 0.3 is 0 Å². The SMILES string of the molecule is CC1(CNC(=O)c2csc(Cc3ccc(F)cc3)n2)CCNCC1.Cl.Cl. The van der Waals surface area contributed by atoms with Crippen LogP contribution in [0, 0.1) is 11.2 Å². The number of hydrogen-bond acceptors (Lipinski definition) is 4. The Morgan fingerprint density at radius 3 is 2.58 bits per heavy atom. The first-order valence-corrected chi connectivity index (χ1v) is 9.10. The Kier molecular flexibility index (Phi) is 8.96. The van der Waals surface area contributed by atoms with Crippen molar-refractivity contribution in [3.05, 3.63) is 51.7 Å². The fourth-order valence-electron chi connectivity index (χ4n) is 2.86. The molecule has 144 valence electrons. The molecule has 2 N–H and O–H groups in total. The lowest BCUT2D eigenvalue weighted by Crippen LogP contribution is -2.42. The number of nitrogens with zero attached hydrogens (tertiary/aromatic N) is 1. The minimum absolute atomic E-state index is 0. The van der Waals surface area contributed by atoms with E-state index >= 15 is 0 Å². The van der Waals surface area contributed by atoms with Crippen molar-refractivity contribution >= 4 is 42.1 Å². The summed E-state index contributed by atoms with van der Waals surface area (Å²) in [5, 5.41) is 9.02. The lowest BCUT2D eigenvalue weighted by molar-refractivity contribution is 0.0918. The summed E-state index contributed by atoms with van der Waals surface area (Å²) < 4.78 is 12.9. The van der Waals surface area contributed by atoms with Crippen LogP contribution in [0.3, 0.4) is 0 Å². The van der Waals surface area contributed by atoms with E-state index in [-0.39, 0.29) is 42.0 Å². The van der Waals surface area contributed by atoms with Gasteiger partial charge in [0.05, 0.1) is 5.01 Å². The molecule has 0 radical (unpaired) electrons. The molecule has 1 aromatic heterocycles. The summed E-state index contributed by atoms with van der Waals surface area (Å²) in [5.74, 6) is -0.360. The van der Waals surface area contributed by atoms with Gasteiger partial charge in [0.15, 0.2) is 0 Å². The maximum absolute atomic E-state index is 12.9. The topological polar surface area (TPSA) is 54.0 Å². The molecule has 1 aromatic carbocycles. The molecular formula is C18H24Cl2FN3OS. The average molecular weight is 420 g/mol. The number of thiazole rings is 1. The molecule has 0 spiro atoms. The third-order valence-corrected chi connectivity index (χ3v) is 5.39. The van der Waals surface area contributed by atoms with Gasteiger partial charge in [-0.1, -0.05) is 19.1 Å². The summed E-state index contributed by atoms with van der Waals surface area (Å²) >= 11 is 1.46. The van der Waals surface area contributed by atoms with Gasteiger partial charge in [-0.3, -0.25) is 4.79 Å². The number of benzene rings is 1. The normalized spacial score (nSPS) is 15.5. The van der Waals surface area contributed by atoms with Gasteiger partial charge in [-0.15, -0.1) is 36.2 Å². The van der Waals surface area contributed by atoms with Crippen LogP contribution in [0.4, 0.5) is 4.39 Å². The number of carbonyl (C=O) groups excluding carboxylic acids is 1. The van der Waals surface area contributed by atoms with Gasteiger partial charge in [0.25, 0.3) is 5.91 Å². The minimum atomic E-state index is -0.246. The van der Waals surface area contributed by atoms with Crippen LogP contribution >= 0.6 is 36.2 Å². The Labute approximate surface area is 169 Å². The summed E-state index contributed by atoms with van der Waals surface area (Å²) in [7, 11) is 0. The van der Waals surface area contributed by atoms with Crippen LogP contribution in [0.15, 0.2) is 29.6 Å². The predicted molar refractivity (Wildman–Crippen MR) is 108 cm³/mol. The van der Waals surface area contributed by atoms with Crippen LogP contribution in [0.25, 0.3) is 0 Å². The van der Waals surface area contributed by atoms with Gasteiger partial charge in [-0.2, -0.15) is 0 Å². The number of halogens is 3. The van der Waals surface area contributed by atoms with Crippen molar-refractivity contribution in [1.29, 1.82) is 0 Å². The Morgan fingerprint density at radius 1 is 1.27 bits per heavy atom. The Balaban J connectivity index is 0.00000169. The molecule has 1 amide bonds. The van der Waals surface area contributed by atoms with Gasteiger partial charge in [0.2, 0.25) is 0 Å². The zero-order valence-electron chi connectivity index (χ0n) is 14.6. The molecule has 1 aliphatic rings. The highest BCUT2D eigenvalue weighted by Crippen LogP contribution is 2.26. The van der Waals surface area contributed by atoms with Crippen molar-refractivity contribution in [3.8, 4) is 0 Å². The van der Waals surface area contributed by atoms with E-state index in [1.807, 2.05) is 0 Å². The molecule has 8 heteroatoms. The number of rotatable bonds is 5. The lowest BCUT2D eigenvalue weighted by atomic mass is 9.81. The highest BCUT2D eigenvalue weighted by atomic mass is 35.5. The van der Waals surface area contributed by atoms with Gasteiger partial charge in [-0.05, 0) is 49.0 Å². The smallest absolute Gasteiger partial charge is 0.270 e. The number of aromatic nitrogens is 1. The summed E-state index contributed by atoms with van der Waals surface area (Å²) in [6, 6.07) is 6.37. The average Bonchev–Trinajstić information content (AvgIpc) is 3.04. The molecule has 2 heterocycles. The molecule has 3 rings (SSSR count). The molecule has 0 aliphatic carbocycles. The number of amides is 1. The van der Waals surface area contributed by atoms with Crippen molar-refractivity contribution in [1.82, 2.24) is 15.6 Å². The van der Waals surface area contributed by atoms with E-state index in [1.54, 1.807) is 17.5 Å². The summed E-state index contributed by atoms with van der Waals surface area (Å²) in [4.78, 5) is 16.7. The number of nitrogens with one attached hydrogen (secondary N) is 2.